The van der Waals surface area contributed by atoms with Crippen LogP contribution < -0.4 is 5.32 Å². The van der Waals surface area contributed by atoms with Crippen molar-refractivity contribution in [3.05, 3.63) is 70.8 Å². The normalized spacial score (nSPS) is 20.7. The van der Waals surface area contributed by atoms with Crippen LogP contribution in [0, 0.1) is 5.92 Å². The average molecular weight is 360 g/mol. The highest BCUT2D eigenvalue weighted by Gasteiger charge is 2.45. The molecule has 0 spiro atoms. The number of carbonyl (C=O) groups excluding carboxylic acids is 2. The van der Waals surface area contributed by atoms with Gasteiger partial charge in [0.05, 0.1) is 17.7 Å². The van der Waals surface area contributed by atoms with Crippen LogP contribution in [-0.2, 0) is 6.42 Å². The van der Waals surface area contributed by atoms with E-state index in [-0.39, 0.29) is 17.9 Å². The molecular weight excluding hydrogens is 336 g/mol. The van der Waals surface area contributed by atoms with Gasteiger partial charge < -0.3 is 5.32 Å². The van der Waals surface area contributed by atoms with Gasteiger partial charge in [0.2, 0.25) is 0 Å². The van der Waals surface area contributed by atoms with Gasteiger partial charge in [0.15, 0.2) is 5.78 Å². The first-order valence-corrected chi connectivity index (χ1v) is 9.80. The Bertz CT molecular complexity index is 916. The van der Waals surface area contributed by atoms with E-state index in [0.717, 1.165) is 24.0 Å². The van der Waals surface area contributed by atoms with Crippen molar-refractivity contribution in [2.75, 3.05) is 0 Å². The summed E-state index contributed by atoms with van der Waals surface area (Å²) in [7, 11) is 0. The van der Waals surface area contributed by atoms with Crippen LogP contribution in [0.2, 0.25) is 0 Å². The van der Waals surface area contributed by atoms with E-state index >= 15 is 0 Å². The number of nitrogens with zero attached hydrogens (tertiary/aromatic N) is 1. The van der Waals surface area contributed by atoms with E-state index in [1.807, 2.05) is 36.4 Å². The number of hydrogen-bond donors (Lipinski definition) is 1. The maximum absolute atomic E-state index is 13.0. The molecule has 2 amide bonds. The summed E-state index contributed by atoms with van der Waals surface area (Å²) >= 11 is 0. The standard InChI is InChI=1S/C23H24N2O2/c1-2-3-4-5-9-15-10-8-11-16(14-15)20-19-21(25-23(27)24-20)17-12-6-7-13-18(17)22(19)26/h6-8,10-14,19-20H,2-5,9H2,1H3,(H,24,27). The van der Waals surface area contributed by atoms with Gasteiger partial charge in [0.1, 0.15) is 0 Å². The summed E-state index contributed by atoms with van der Waals surface area (Å²) in [5.41, 5.74) is 4.30. The maximum atomic E-state index is 13.0. The fourth-order valence-electron chi connectivity index (χ4n) is 4.15. The summed E-state index contributed by atoms with van der Waals surface area (Å²) in [6.07, 6.45) is 5.89. The van der Waals surface area contributed by atoms with E-state index in [0.29, 0.717) is 11.3 Å². The fourth-order valence-corrected chi connectivity index (χ4v) is 4.15. The van der Waals surface area contributed by atoms with Crippen molar-refractivity contribution < 1.29 is 9.59 Å². The first kappa shape index (κ1) is 17.7. The number of urea groups is 1. The average Bonchev–Trinajstić information content (AvgIpc) is 2.97. The summed E-state index contributed by atoms with van der Waals surface area (Å²) in [5, 5.41) is 2.93. The zero-order chi connectivity index (χ0) is 18.8. The number of Topliss-reactive ketones (excluding diaryl/α,β-unsaturated/α-hetero) is 1. The third-order valence-electron chi connectivity index (χ3n) is 5.51. The predicted octanol–water partition coefficient (Wildman–Crippen LogP) is 4.88. The summed E-state index contributed by atoms with van der Waals surface area (Å²) < 4.78 is 0. The number of rotatable bonds is 6. The topological polar surface area (TPSA) is 58.5 Å². The number of fused-ring (bicyclic) bond motifs is 3. The third kappa shape index (κ3) is 3.32. The Balaban J connectivity index is 1.63. The number of aryl methyl sites for hydroxylation is 1. The Morgan fingerprint density at radius 3 is 2.59 bits per heavy atom. The highest BCUT2D eigenvalue weighted by Crippen LogP contribution is 2.38. The van der Waals surface area contributed by atoms with Gasteiger partial charge in [-0.05, 0) is 24.0 Å². The second-order valence-corrected chi connectivity index (χ2v) is 7.37. The first-order valence-electron chi connectivity index (χ1n) is 9.80. The molecule has 1 aliphatic carbocycles. The SMILES string of the molecule is CCCCCCc1cccc(C2NC(=O)N=C3c4ccccc4C(=O)C32)c1. The van der Waals surface area contributed by atoms with Gasteiger partial charge in [-0.25, -0.2) is 4.79 Å². The van der Waals surface area contributed by atoms with Crippen LogP contribution in [0.1, 0.15) is 65.7 Å². The van der Waals surface area contributed by atoms with E-state index in [4.69, 9.17) is 0 Å². The molecule has 2 aromatic carbocycles. The molecule has 0 saturated heterocycles. The summed E-state index contributed by atoms with van der Waals surface area (Å²) in [6.45, 7) is 2.21. The lowest BCUT2D eigenvalue weighted by Gasteiger charge is -2.28. The number of unbranched alkanes of at least 4 members (excludes halogenated alkanes) is 3. The minimum Gasteiger partial charge on any atom is -0.328 e. The second kappa shape index (κ2) is 7.47. The van der Waals surface area contributed by atoms with Crippen molar-refractivity contribution in [1.29, 1.82) is 0 Å². The molecule has 2 aromatic rings. The largest absolute Gasteiger partial charge is 0.341 e. The second-order valence-electron chi connectivity index (χ2n) is 7.37. The van der Waals surface area contributed by atoms with Gasteiger partial charge in [0.25, 0.3) is 0 Å². The molecular formula is C23H24N2O2. The molecule has 4 heteroatoms. The molecule has 0 radical (unpaired) electrons. The highest BCUT2D eigenvalue weighted by molar-refractivity contribution is 6.31. The van der Waals surface area contributed by atoms with Gasteiger partial charge in [-0.15, -0.1) is 0 Å². The Morgan fingerprint density at radius 1 is 0.963 bits per heavy atom. The quantitative estimate of drug-likeness (QED) is 0.747. The molecule has 0 aromatic heterocycles. The van der Waals surface area contributed by atoms with Crippen LogP contribution in [0.25, 0.3) is 0 Å². The minimum atomic E-state index is -0.435. The van der Waals surface area contributed by atoms with Gasteiger partial charge in [-0.2, -0.15) is 4.99 Å². The molecule has 2 unspecified atom stereocenters. The summed E-state index contributed by atoms with van der Waals surface area (Å²) in [6, 6.07) is 15.0. The summed E-state index contributed by atoms with van der Waals surface area (Å²) in [5.74, 6) is -0.391. The minimum absolute atomic E-state index is 0.0442. The zero-order valence-corrected chi connectivity index (χ0v) is 15.6. The number of ketones is 1. The van der Waals surface area contributed by atoms with Crippen molar-refractivity contribution in [3.8, 4) is 0 Å². The number of aliphatic imine (C=N–C) groups is 1. The molecule has 1 aliphatic heterocycles. The van der Waals surface area contributed by atoms with Gasteiger partial charge >= 0.3 is 6.03 Å². The fraction of sp³-hybridized carbons (Fsp3) is 0.348. The maximum Gasteiger partial charge on any atom is 0.341 e. The van der Waals surface area contributed by atoms with E-state index in [9.17, 15) is 9.59 Å². The molecule has 27 heavy (non-hydrogen) atoms. The molecule has 1 heterocycles. The summed E-state index contributed by atoms with van der Waals surface area (Å²) in [4.78, 5) is 29.4. The van der Waals surface area contributed by atoms with Crippen LogP contribution in [-0.4, -0.2) is 17.5 Å². The molecule has 4 rings (SSSR count). The number of hydrogen-bond acceptors (Lipinski definition) is 2. The smallest absolute Gasteiger partial charge is 0.328 e. The Morgan fingerprint density at radius 2 is 1.78 bits per heavy atom. The lowest BCUT2D eigenvalue weighted by Crippen LogP contribution is -2.41. The van der Waals surface area contributed by atoms with Crippen molar-refractivity contribution in [2.45, 2.75) is 45.1 Å². The Labute approximate surface area is 159 Å². The van der Waals surface area contributed by atoms with Crippen LogP contribution >= 0.6 is 0 Å². The van der Waals surface area contributed by atoms with Crippen molar-refractivity contribution >= 4 is 17.5 Å². The van der Waals surface area contributed by atoms with E-state index in [1.165, 1.54) is 24.8 Å². The first-order chi connectivity index (χ1) is 13.2. The number of benzene rings is 2. The predicted molar refractivity (Wildman–Crippen MR) is 106 cm³/mol. The number of nitrogens with one attached hydrogen (secondary N) is 1. The Kier molecular flexibility index (Phi) is 4.88. The van der Waals surface area contributed by atoms with E-state index < -0.39 is 5.92 Å². The highest BCUT2D eigenvalue weighted by atomic mass is 16.2. The molecule has 4 nitrogen and oxygen atoms in total. The van der Waals surface area contributed by atoms with Crippen LogP contribution in [0.5, 0.6) is 0 Å². The van der Waals surface area contributed by atoms with Crippen LogP contribution in [0.4, 0.5) is 4.79 Å². The molecule has 138 valence electrons. The molecule has 0 fully saturated rings. The zero-order valence-electron chi connectivity index (χ0n) is 15.6. The molecule has 0 bridgehead atoms. The number of amides is 2. The molecule has 0 saturated carbocycles. The lowest BCUT2D eigenvalue weighted by atomic mass is 9.86. The van der Waals surface area contributed by atoms with E-state index in [1.54, 1.807) is 0 Å². The van der Waals surface area contributed by atoms with E-state index in [2.05, 4.69) is 29.4 Å². The Hall–Kier alpha value is -2.75. The van der Waals surface area contributed by atoms with Crippen LogP contribution in [0.3, 0.4) is 0 Å². The van der Waals surface area contributed by atoms with Gasteiger partial charge in [-0.3, -0.25) is 4.79 Å². The van der Waals surface area contributed by atoms with Crippen LogP contribution in [0.15, 0.2) is 53.5 Å². The number of carbonyl (C=O) groups is 2. The van der Waals surface area contributed by atoms with Crippen molar-refractivity contribution in [3.63, 3.8) is 0 Å². The van der Waals surface area contributed by atoms with Gasteiger partial charge in [-0.1, -0.05) is 74.7 Å². The molecule has 2 atom stereocenters. The van der Waals surface area contributed by atoms with Crippen molar-refractivity contribution in [2.24, 2.45) is 10.9 Å². The third-order valence-corrected chi connectivity index (χ3v) is 5.51. The molecule has 2 aliphatic rings. The lowest BCUT2D eigenvalue weighted by molar-refractivity contribution is 0.0942. The molecule has 1 N–H and O–H groups in total. The van der Waals surface area contributed by atoms with Gasteiger partial charge in [0, 0.05) is 11.1 Å². The van der Waals surface area contributed by atoms with Crippen molar-refractivity contribution in [1.82, 2.24) is 5.32 Å². The monoisotopic (exact) mass is 360 g/mol.